The number of hydrogen-bond acceptors (Lipinski definition) is 7. The Balaban J connectivity index is 2.50. The van der Waals surface area contributed by atoms with Crippen molar-refractivity contribution in [3.63, 3.8) is 0 Å². The fraction of sp³-hybridized carbons (Fsp3) is 0.333. The molecule has 2 heterocycles. The van der Waals surface area contributed by atoms with Gasteiger partial charge in [-0.2, -0.15) is 0 Å². The van der Waals surface area contributed by atoms with Gasteiger partial charge in [-0.3, -0.25) is 0 Å². The molecule has 5 N–H and O–H groups in total. The van der Waals surface area contributed by atoms with Gasteiger partial charge >= 0.3 is 0 Å². The average Bonchev–Trinajstić information content (AvgIpc) is 2.47. The summed E-state index contributed by atoms with van der Waals surface area (Å²) in [5, 5.41) is 7.60. The lowest BCUT2D eigenvalue weighted by molar-refractivity contribution is 0.660. The first-order valence-corrected chi connectivity index (χ1v) is 7.11. The van der Waals surface area contributed by atoms with Crippen LogP contribution in [0.2, 0.25) is 0 Å². The van der Waals surface area contributed by atoms with Gasteiger partial charge in [0.15, 0.2) is 0 Å². The Morgan fingerprint density at radius 3 is 2.59 bits per heavy atom. The molecular formula is C15H21N7. The maximum absolute atomic E-state index is 7.60. The quantitative estimate of drug-likeness (QED) is 0.726. The summed E-state index contributed by atoms with van der Waals surface area (Å²) < 4.78 is 0. The molecule has 0 spiro atoms. The van der Waals surface area contributed by atoms with Crippen LogP contribution in [0.5, 0.6) is 0 Å². The minimum absolute atomic E-state index is 0.0547. The first kappa shape index (κ1) is 15.7. The minimum Gasteiger partial charge on any atom is -0.384 e. The summed E-state index contributed by atoms with van der Waals surface area (Å²) >= 11 is 0. The Morgan fingerprint density at radius 2 is 2.00 bits per heavy atom. The van der Waals surface area contributed by atoms with E-state index >= 15 is 0 Å². The van der Waals surface area contributed by atoms with Gasteiger partial charge in [0, 0.05) is 12.8 Å². The third kappa shape index (κ3) is 2.98. The molecule has 0 amide bonds. The highest BCUT2D eigenvalue weighted by Crippen LogP contribution is 2.28. The molecule has 1 atom stereocenters. The van der Waals surface area contributed by atoms with E-state index in [4.69, 9.17) is 16.9 Å². The predicted octanol–water partition coefficient (Wildman–Crippen LogP) is 1.93. The molecule has 116 valence electrons. The minimum atomic E-state index is -0.0547. The molecule has 0 saturated carbocycles. The summed E-state index contributed by atoms with van der Waals surface area (Å²) in [5.74, 6) is 2.00. The molecule has 7 nitrogen and oxygen atoms in total. The van der Waals surface area contributed by atoms with Gasteiger partial charge in [-0.1, -0.05) is 6.07 Å². The fourth-order valence-electron chi connectivity index (χ4n) is 2.41. The first-order chi connectivity index (χ1) is 10.5. The van der Waals surface area contributed by atoms with Crippen molar-refractivity contribution in [3.05, 3.63) is 35.3 Å². The van der Waals surface area contributed by atoms with Crippen LogP contribution in [0.25, 0.3) is 0 Å². The molecule has 0 radical (unpaired) electrons. The summed E-state index contributed by atoms with van der Waals surface area (Å²) in [5.41, 5.74) is 13.1. The third-order valence-corrected chi connectivity index (χ3v) is 3.51. The molecule has 2 aromatic heterocycles. The lowest BCUT2D eigenvalue weighted by Crippen LogP contribution is -2.30. The number of nitrogens with one attached hydrogen (secondary N) is 1. The van der Waals surface area contributed by atoms with Crippen molar-refractivity contribution < 1.29 is 0 Å². The van der Waals surface area contributed by atoms with Gasteiger partial charge in [0.1, 0.15) is 23.3 Å². The van der Waals surface area contributed by atoms with Crippen molar-refractivity contribution in [3.8, 4) is 0 Å². The van der Waals surface area contributed by atoms with E-state index in [0.717, 1.165) is 5.69 Å². The molecule has 2 rings (SSSR count). The Kier molecular flexibility index (Phi) is 4.55. The van der Waals surface area contributed by atoms with Crippen molar-refractivity contribution in [1.82, 2.24) is 15.0 Å². The van der Waals surface area contributed by atoms with Crippen LogP contribution < -0.4 is 16.4 Å². The average molecular weight is 299 g/mol. The van der Waals surface area contributed by atoms with E-state index in [1.165, 1.54) is 6.21 Å². The van der Waals surface area contributed by atoms with Gasteiger partial charge in [-0.05, 0) is 32.9 Å². The van der Waals surface area contributed by atoms with Crippen molar-refractivity contribution >= 4 is 23.7 Å². The molecule has 0 bridgehead atoms. The lowest BCUT2D eigenvalue weighted by Gasteiger charge is -2.30. The van der Waals surface area contributed by atoms with E-state index in [-0.39, 0.29) is 6.04 Å². The van der Waals surface area contributed by atoms with Crippen LogP contribution in [0.4, 0.5) is 17.5 Å². The maximum Gasteiger partial charge on any atom is 0.143 e. The van der Waals surface area contributed by atoms with Gasteiger partial charge < -0.3 is 21.8 Å². The van der Waals surface area contributed by atoms with Crippen molar-refractivity contribution in [2.75, 3.05) is 22.9 Å². The summed E-state index contributed by atoms with van der Waals surface area (Å²) in [6, 6.07) is 5.49. The second kappa shape index (κ2) is 6.38. The van der Waals surface area contributed by atoms with E-state index in [0.29, 0.717) is 35.4 Å². The Labute approximate surface area is 129 Å². The van der Waals surface area contributed by atoms with Crippen LogP contribution in [0.15, 0.2) is 18.2 Å². The van der Waals surface area contributed by atoms with Crippen LogP contribution in [-0.4, -0.2) is 27.7 Å². The molecule has 0 fully saturated rings. The summed E-state index contributed by atoms with van der Waals surface area (Å²) in [4.78, 5) is 15.0. The van der Waals surface area contributed by atoms with Crippen molar-refractivity contribution in [2.45, 2.75) is 26.8 Å². The second-order valence-corrected chi connectivity index (χ2v) is 4.99. The number of anilines is 3. The predicted molar refractivity (Wildman–Crippen MR) is 89.2 cm³/mol. The van der Waals surface area contributed by atoms with Gasteiger partial charge in [0.05, 0.1) is 17.3 Å². The molecular weight excluding hydrogens is 278 g/mol. The molecule has 0 aromatic carbocycles. The summed E-state index contributed by atoms with van der Waals surface area (Å²) in [7, 11) is 0. The van der Waals surface area contributed by atoms with Crippen LogP contribution >= 0.6 is 0 Å². The standard InChI is InChI=1S/C15H21N7/c1-4-22(9(2)12-6-5-7-13(17)21-12)15-11(8-16)14(18)19-10(3)20-15/h5-9,16H,4H2,1-3H3,(H2,17,21)(H2,18,19,20). The molecule has 0 saturated heterocycles. The zero-order valence-electron chi connectivity index (χ0n) is 13.0. The zero-order valence-corrected chi connectivity index (χ0v) is 13.0. The monoisotopic (exact) mass is 299 g/mol. The maximum atomic E-state index is 7.60. The number of rotatable bonds is 5. The normalized spacial score (nSPS) is 12.0. The second-order valence-electron chi connectivity index (χ2n) is 4.99. The molecule has 7 heteroatoms. The number of nitrogen functional groups attached to an aromatic ring is 2. The Morgan fingerprint density at radius 1 is 1.27 bits per heavy atom. The third-order valence-electron chi connectivity index (χ3n) is 3.51. The highest BCUT2D eigenvalue weighted by Gasteiger charge is 2.21. The number of hydrogen-bond donors (Lipinski definition) is 3. The topological polar surface area (TPSA) is 118 Å². The number of nitrogens with two attached hydrogens (primary N) is 2. The number of aryl methyl sites for hydroxylation is 1. The SMILES string of the molecule is CCN(c1nc(C)nc(N)c1C=N)C(C)c1cccc(N)n1. The van der Waals surface area contributed by atoms with E-state index in [2.05, 4.69) is 15.0 Å². The van der Waals surface area contributed by atoms with E-state index in [9.17, 15) is 0 Å². The van der Waals surface area contributed by atoms with Crippen LogP contribution in [0.1, 0.15) is 37.0 Å². The van der Waals surface area contributed by atoms with Gasteiger partial charge in [-0.25, -0.2) is 15.0 Å². The number of aromatic nitrogens is 3. The van der Waals surface area contributed by atoms with E-state index in [1.54, 1.807) is 13.0 Å². The largest absolute Gasteiger partial charge is 0.384 e. The highest BCUT2D eigenvalue weighted by molar-refractivity contribution is 5.90. The lowest BCUT2D eigenvalue weighted by atomic mass is 10.1. The van der Waals surface area contributed by atoms with Crippen LogP contribution in [0, 0.1) is 12.3 Å². The van der Waals surface area contributed by atoms with Gasteiger partial charge in [0.25, 0.3) is 0 Å². The highest BCUT2D eigenvalue weighted by atomic mass is 15.2. The number of nitrogens with zero attached hydrogens (tertiary/aromatic N) is 4. The van der Waals surface area contributed by atoms with E-state index in [1.807, 2.05) is 30.9 Å². The molecule has 2 aromatic rings. The molecule has 0 aliphatic heterocycles. The smallest absolute Gasteiger partial charge is 0.143 e. The zero-order chi connectivity index (χ0) is 16.3. The van der Waals surface area contributed by atoms with Crippen molar-refractivity contribution in [1.29, 1.82) is 5.41 Å². The Hall–Kier alpha value is -2.70. The van der Waals surface area contributed by atoms with Crippen molar-refractivity contribution in [2.24, 2.45) is 0 Å². The molecule has 22 heavy (non-hydrogen) atoms. The molecule has 0 aliphatic carbocycles. The fourth-order valence-corrected chi connectivity index (χ4v) is 2.41. The molecule has 1 unspecified atom stereocenters. The summed E-state index contributed by atoms with van der Waals surface area (Å²) in [6.07, 6.45) is 1.19. The van der Waals surface area contributed by atoms with Crippen LogP contribution in [-0.2, 0) is 0 Å². The van der Waals surface area contributed by atoms with Gasteiger partial charge in [-0.15, -0.1) is 0 Å². The van der Waals surface area contributed by atoms with Gasteiger partial charge in [0.2, 0.25) is 0 Å². The Bertz CT molecular complexity index is 684. The summed E-state index contributed by atoms with van der Waals surface area (Å²) in [6.45, 7) is 6.51. The number of pyridine rings is 1. The van der Waals surface area contributed by atoms with Crippen LogP contribution in [0.3, 0.4) is 0 Å². The van der Waals surface area contributed by atoms with E-state index < -0.39 is 0 Å². The molecule has 0 aliphatic rings. The first-order valence-electron chi connectivity index (χ1n) is 7.11.